The predicted octanol–water partition coefficient (Wildman–Crippen LogP) is -2.95. The minimum absolute atomic E-state index is 0. The number of carboxylic acid groups (broad SMARTS) is 1. The first-order chi connectivity index (χ1) is 4.27. The van der Waals surface area contributed by atoms with Crippen LogP contribution in [0, 0.1) is 0 Å². The largest absolute Gasteiger partial charge is 2.00 e. The Morgan fingerprint density at radius 3 is 1.33 bits per heavy atom. The fourth-order valence-electron chi connectivity index (χ4n) is 0. The quantitative estimate of drug-likeness (QED) is 0.278. The minimum atomic E-state index is -5.17. The molecule has 0 saturated heterocycles. The molecule has 6 nitrogen and oxygen atoms in total. The number of hydrogen-bond donors (Lipinski definition) is 0. The van der Waals surface area contributed by atoms with Crippen molar-refractivity contribution in [1.82, 2.24) is 0 Å². The molecule has 0 N–H and O–H groups in total. The molecule has 0 atom stereocenters. The Morgan fingerprint density at radius 2 is 1.33 bits per heavy atom. The van der Waals surface area contributed by atoms with E-state index in [1.807, 2.05) is 0 Å². The molecule has 0 aromatic heterocycles. The second-order valence-corrected chi connectivity index (χ2v) is 1.95. The summed E-state index contributed by atoms with van der Waals surface area (Å²) in [6, 6.07) is 0. The van der Waals surface area contributed by atoms with E-state index in [1.165, 1.54) is 6.92 Å². The van der Waals surface area contributed by atoms with E-state index in [0.29, 0.717) is 0 Å². The minimum Gasteiger partial charge on any atom is -0.759 e. The molecule has 0 aliphatic rings. The third-order valence-corrected chi connectivity index (χ3v) is 0.289. The molecule has 0 amide bonds. The molecule has 0 unspecified atom stereocenters. The van der Waals surface area contributed by atoms with Gasteiger partial charge in [-0.05, 0) is 6.42 Å². The van der Waals surface area contributed by atoms with E-state index < -0.39 is 16.4 Å². The van der Waals surface area contributed by atoms with Gasteiger partial charge in [-0.15, -0.1) is 0 Å². The van der Waals surface area contributed by atoms with Gasteiger partial charge in [0.1, 0.15) is 0 Å². The Balaban J connectivity index is -0.0000000457. The topological polar surface area (TPSA) is 120 Å². The van der Waals surface area contributed by atoms with Crippen molar-refractivity contribution >= 4 is 91.8 Å². The second kappa shape index (κ2) is 12.9. The van der Waals surface area contributed by atoms with Gasteiger partial charge in [-0.3, -0.25) is 8.42 Å². The van der Waals surface area contributed by atoms with Gasteiger partial charge in [0, 0.05) is 16.4 Å². The third kappa shape index (κ3) is 93.9. The molecule has 0 aromatic carbocycles. The Hall–Kier alpha value is 1.86. The smallest absolute Gasteiger partial charge is 0.759 e. The predicted molar refractivity (Wildman–Crippen MR) is 37.3 cm³/mol. The number of aliphatic carboxylic acids is 1. The van der Waals surface area contributed by atoms with Gasteiger partial charge in [0.05, 0.1) is 0 Å². The van der Waals surface area contributed by atoms with Crippen molar-refractivity contribution < 1.29 is 27.4 Å². The van der Waals surface area contributed by atoms with Crippen molar-refractivity contribution in [3.8, 4) is 0 Å². The van der Waals surface area contributed by atoms with E-state index >= 15 is 0 Å². The van der Waals surface area contributed by atoms with Gasteiger partial charge in [-0.1, -0.05) is 6.92 Å². The first kappa shape index (κ1) is 23.6. The second-order valence-electron chi connectivity index (χ2n) is 1.13. The van der Waals surface area contributed by atoms with Gasteiger partial charge < -0.3 is 19.0 Å². The Morgan fingerprint density at radius 1 is 1.25 bits per heavy atom. The zero-order valence-corrected chi connectivity index (χ0v) is 11.7. The molecule has 0 aliphatic carbocycles. The van der Waals surface area contributed by atoms with Crippen LogP contribution in [0.2, 0.25) is 0 Å². The van der Waals surface area contributed by atoms with Crippen molar-refractivity contribution in [1.29, 1.82) is 0 Å². The maximum Gasteiger partial charge on any atom is 2.00 e. The van der Waals surface area contributed by atoms with Crippen molar-refractivity contribution in [3.63, 3.8) is 0 Å². The van der Waals surface area contributed by atoms with E-state index in [2.05, 4.69) is 0 Å². The summed E-state index contributed by atoms with van der Waals surface area (Å²) in [5.41, 5.74) is 0. The van der Waals surface area contributed by atoms with Crippen LogP contribution in [0.15, 0.2) is 0 Å². The van der Waals surface area contributed by atoms with Crippen LogP contribution in [0.1, 0.15) is 13.3 Å². The van der Waals surface area contributed by atoms with E-state index in [0.717, 1.165) is 0 Å². The van der Waals surface area contributed by atoms with Crippen LogP contribution in [0.25, 0.3) is 0 Å². The van der Waals surface area contributed by atoms with Crippen LogP contribution in [0.4, 0.5) is 0 Å². The molecular formula is C3H5Ca2O6S+. The molecule has 0 rings (SSSR count). The SMILES string of the molecule is CCC(=O)[O-].O=S(=O)([O-])[O-].[Ca+2].[Ca+2]. The first-order valence-electron chi connectivity index (χ1n) is 2.14. The Kier molecular flexibility index (Phi) is 25.3. The van der Waals surface area contributed by atoms with Gasteiger partial charge in [0.15, 0.2) is 0 Å². The summed E-state index contributed by atoms with van der Waals surface area (Å²) < 4.78 is 34.1. The Labute approximate surface area is 130 Å². The summed E-state index contributed by atoms with van der Waals surface area (Å²) in [4.78, 5) is 9.26. The van der Waals surface area contributed by atoms with E-state index in [-0.39, 0.29) is 81.9 Å². The summed E-state index contributed by atoms with van der Waals surface area (Å²) in [6.45, 7) is 1.54. The van der Waals surface area contributed by atoms with Gasteiger partial charge in [0.25, 0.3) is 0 Å². The summed E-state index contributed by atoms with van der Waals surface area (Å²) in [5.74, 6) is -0.995. The average Bonchev–Trinajstić information content (AvgIpc) is 1.61. The number of hydrogen-bond acceptors (Lipinski definition) is 6. The third-order valence-electron chi connectivity index (χ3n) is 0.289. The zero-order chi connectivity index (χ0) is 8.78. The van der Waals surface area contributed by atoms with Crippen molar-refractivity contribution in [2.45, 2.75) is 13.3 Å². The average molecular weight is 249 g/mol. The molecule has 0 aliphatic heterocycles. The number of carbonyl (C=O) groups excluding carboxylic acids is 1. The molecular weight excluding hydrogens is 244 g/mol. The van der Waals surface area contributed by atoms with E-state index in [9.17, 15) is 9.90 Å². The van der Waals surface area contributed by atoms with Gasteiger partial charge in [-0.2, -0.15) is 0 Å². The maximum atomic E-state index is 9.26. The molecule has 12 heavy (non-hydrogen) atoms. The first-order valence-corrected chi connectivity index (χ1v) is 3.47. The zero-order valence-electron chi connectivity index (χ0n) is 6.48. The summed E-state index contributed by atoms with van der Waals surface area (Å²) in [5, 5.41) is 9.26. The van der Waals surface area contributed by atoms with Crippen molar-refractivity contribution in [2.24, 2.45) is 0 Å². The number of carboxylic acids is 1. The fraction of sp³-hybridized carbons (Fsp3) is 0.667. The maximum absolute atomic E-state index is 9.26. The molecule has 0 aromatic rings. The van der Waals surface area contributed by atoms with Crippen LogP contribution in [-0.4, -0.2) is 99.0 Å². The van der Waals surface area contributed by atoms with E-state index in [4.69, 9.17) is 17.5 Å². The standard InChI is InChI=1S/C3H6O2.2Ca.H2O4S/c1-2-3(4)5;;;1-5(2,3)4/h2H2,1H3,(H,4,5);;;(H2,1,2,3,4)/q;2*+2;/p-3. The molecule has 0 fully saturated rings. The van der Waals surface area contributed by atoms with Crippen molar-refractivity contribution in [2.75, 3.05) is 0 Å². The van der Waals surface area contributed by atoms with E-state index in [1.54, 1.807) is 0 Å². The summed E-state index contributed by atoms with van der Waals surface area (Å²) in [7, 11) is -5.17. The monoisotopic (exact) mass is 249 g/mol. The Bertz CT molecular complexity index is 179. The molecule has 62 valence electrons. The van der Waals surface area contributed by atoms with Crippen LogP contribution in [-0.2, 0) is 15.2 Å². The molecule has 0 bridgehead atoms. The normalized spacial score (nSPS) is 7.92. The fourth-order valence-corrected chi connectivity index (χ4v) is 0. The molecule has 0 saturated carbocycles. The molecule has 0 heterocycles. The van der Waals surface area contributed by atoms with Gasteiger partial charge in [-0.25, -0.2) is 0 Å². The van der Waals surface area contributed by atoms with Gasteiger partial charge in [0.2, 0.25) is 0 Å². The van der Waals surface area contributed by atoms with Crippen LogP contribution in [0.3, 0.4) is 0 Å². The van der Waals surface area contributed by atoms with Crippen LogP contribution in [0.5, 0.6) is 0 Å². The number of carbonyl (C=O) groups is 1. The van der Waals surface area contributed by atoms with Crippen LogP contribution >= 0.6 is 0 Å². The molecule has 9 heteroatoms. The van der Waals surface area contributed by atoms with Crippen LogP contribution < -0.4 is 5.11 Å². The number of rotatable bonds is 1. The molecule has 0 spiro atoms. The summed E-state index contributed by atoms with van der Waals surface area (Å²) >= 11 is 0. The summed E-state index contributed by atoms with van der Waals surface area (Å²) in [6.07, 6.45) is 0.111. The van der Waals surface area contributed by atoms with Crippen molar-refractivity contribution in [3.05, 3.63) is 0 Å². The van der Waals surface area contributed by atoms with Gasteiger partial charge >= 0.3 is 75.5 Å². The molecule has 0 radical (unpaired) electrons.